The van der Waals surface area contributed by atoms with E-state index in [9.17, 15) is 14.4 Å². The lowest BCUT2D eigenvalue weighted by atomic mass is 9.48. The monoisotopic (exact) mass is 658 g/mol. The summed E-state index contributed by atoms with van der Waals surface area (Å²) in [6.07, 6.45) is 9.42. The summed E-state index contributed by atoms with van der Waals surface area (Å²) in [7, 11) is 0. The Bertz CT molecular complexity index is 1530. The minimum Gasteiger partial charge on any atom is -0.488 e. The van der Waals surface area contributed by atoms with Crippen LogP contribution in [0.5, 0.6) is 5.75 Å². The van der Waals surface area contributed by atoms with E-state index in [1.54, 1.807) is 6.07 Å². The molecule has 8 rings (SSSR count). The van der Waals surface area contributed by atoms with Crippen molar-refractivity contribution in [2.24, 2.45) is 17.8 Å². The number of urea groups is 1. The number of anilines is 1. The average molecular weight is 659 g/mol. The number of amides is 4. The molecule has 0 spiro atoms. The number of carbonyl (C=O) groups excluding carboxylic acids is 3. The number of hydrogen-bond donors (Lipinski definition) is 1. The summed E-state index contributed by atoms with van der Waals surface area (Å²) < 4.78 is 6.81. The van der Waals surface area contributed by atoms with Gasteiger partial charge in [-0.3, -0.25) is 14.9 Å². The first-order valence-electron chi connectivity index (χ1n) is 14.4. The third-order valence-electron chi connectivity index (χ3n) is 9.38. The van der Waals surface area contributed by atoms with E-state index in [1.165, 1.54) is 50.2 Å². The Labute approximate surface area is 253 Å². The smallest absolute Gasteiger partial charge is 0.335 e. The Balaban J connectivity index is 1.10. The molecule has 4 bridgehead atoms. The molecule has 1 N–H and O–H groups in total. The van der Waals surface area contributed by atoms with Gasteiger partial charge in [-0.05, 0) is 131 Å². The van der Waals surface area contributed by atoms with Crippen molar-refractivity contribution < 1.29 is 19.1 Å². The number of ether oxygens (including phenoxy) is 1. The van der Waals surface area contributed by atoms with Gasteiger partial charge in [0.1, 0.15) is 17.9 Å². The van der Waals surface area contributed by atoms with E-state index in [1.807, 2.05) is 54.6 Å². The highest BCUT2D eigenvalue weighted by Crippen LogP contribution is 2.60. The number of nitrogens with one attached hydrogen (secondary N) is 1. The van der Waals surface area contributed by atoms with Crippen molar-refractivity contribution in [2.45, 2.75) is 50.5 Å². The molecule has 7 heteroatoms. The zero-order valence-electron chi connectivity index (χ0n) is 22.6. The van der Waals surface area contributed by atoms with Gasteiger partial charge in [-0.15, -0.1) is 0 Å². The van der Waals surface area contributed by atoms with E-state index in [0.717, 1.165) is 31.8 Å². The van der Waals surface area contributed by atoms with E-state index >= 15 is 0 Å². The molecule has 3 aromatic carbocycles. The van der Waals surface area contributed by atoms with Gasteiger partial charge in [-0.2, -0.15) is 0 Å². The summed E-state index contributed by atoms with van der Waals surface area (Å²) in [6.45, 7) is 0.441. The Kier molecular flexibility index (Phi) is 6.72. The summed E-state index contributed by atoms with van der Waals surface area (Å²) in [5.41, 5.74) is 3.68. The molecule has 41 heavy (non-hydrogen) atoms. The van der Waals surface area contributed by atoms with Crippen molar-refractivity contribution in [3.8, 4) is 5.75 Å². The van der Waals surface area contributed by atoms with Crippen molar-refractivity contribution in [3.63, 3.8) is 0 Å². The van der Waals surface area contributed by atoms with Crippen LogP contribution < -0.4 is 15.0 Å². The molecule has 5 fully saturated rings. The fourth-order valence-electron chi connectivity index (χ4n) is 7.95. The molecule has 4 aliphatic carbocycles. The zero-order valence-corrected chi connectivity index (χ0v) is 24.8. The van der Waals surface area contributed by atoms with Gasteiger partial charge in [-0.1, -0.05) is 48.5 Å². The van der Waals surface area contributed by atoms with Crippen molar-refractivity contribution in [2.75, 3.05) is 4.90 Å². The lowest BCUT2D eigenvalue weighted by molar-refractivity contribution is -0.122. The SMILES string of the molecule is O=C1NC(=O)N(c2ccc(C34CC5CC(CC(C5)C3)C4)cc2)C(=O)/C1=C/c1ccc(OCc2ccccc2)c(I)c1. The van der Waals surface area contributed by atoms with Crippen molar-refractivity contribution >= 4 is 52.2 Å². The predicted molar refractivity (Wildman–Crippen MR) is 165 cm³/mol. The second-order valence-electron chi connectivity index (χ2n) is 12.2. The van der Waals surface area contributed by atoms with Gasteiger partial charge in [0.15, 0.2) is 0 Å². The molecule has 0 atom stereocenters. The molecule has 6 nitrogen and oxygen atoms in total. The molecule has 1 aliphatic heterocycles. The van der Waals surface area contributed by atoms with E-state index in [2.05, 4.69) is 40.0 Å². The highest BCUT2D eigenvalue weighted by molar-refractivity contribution is 14.1. The Hall–Kier alpha value is -3.46. The number of imide groups is 2. The molecule has 1 saturated heterocycles. The lowest BCUT2D eigenvalue weighted by Gasteiger charge is -2.57. The van der Waals surface area contributed by atoms with E-state index in [0.29, 0.717) is 23.6 Å². The van der Waals surface area contributed by atoms with Crippen LogP contribution in [-0.4, -0.2) is 17.8 Å². The van der Waals surface area contributed by atoms with Gasteiger partial charge in [0.2, 0.25) is 0 Å². The number of benzene rings is 3. The highest BCUT2D eigenvalue weighted by atomic mass is 127. The van der Waals surface area contributed by atoms with Crippen molar-refractivity contribution in [3.05, 3.63) is 98.6 Å². The summed E-state index contributed by atoms with van der Waals surface area (Å²) in [4.78, 5) is 40.2. The molecule has 5 aliphatic rings. The van der Waals surface area contributed by atoms with Crippen molar-refractivity contribution in [1.82, 2.24) is 5.32 Å². The number of rotatable bonds is 6. The molecular formula is C34H31IN2O4. The highest BCUT2D eigenvalue weighted by Gasteiger charge is 2.51. The first-order chi connectivity index (χ1) is 19.9. The van der Waals surface area contributed by atoms with Gasteiger partial charge < -0.3 is 4.74 Å². The van der Waals surface area contributed by atoms with Crippen LogP contribution in [0.25, 0.3) is 6.08 Å². The van der Waals surface area contributed by atoms with Gasteiger partial charge in [0.25, 0.3) is 11.8 Å². The minimum atomic E-state index is -0.723. The normalized spacial score (nSPS) is 27.8. The van der Waals surface area contributed by atoms with Crippen LogP contribution in [0.4, 0.5) is 10.5 Å². The largest absolute Gasteiger partial charge is 0.488 e. The van der Waals surface area contributed by atoms with Gasteiger partial charge in [0, 0.05) is 0 Å². The van der Waals surface area contributed by atoms with Crippen molar-refractivity contribution in [1.29, 1.82) is 0 Å². The summed E-state index contributed by atoms with van der Waals surface area (Å²) >= 11 is 2.18. The number of hydrogen-bond acceptors (Lipinski definition) is 4. The third-order valence-corrected chi connectivity index (χ3v) is 10.2. The molecule has 4 saturated carbocycles. The van der Waals surface area contributed by atoms with Crippen LogP contribution in [0.15, 0.2) is 78.4 Å². The second kappa shape index (κ2) is 10.4. The Morgan fingerprint density at radius 3 is 2.17 bits per heavy atom. The maximum Gasteiger partial charge on any atom is 0.335 e. The van der Waals surface area contributed by atoms with Crippen LogP contribution in [0, 0.1) is 21.3 Å². The molecule has 3 aromatic rings. The number of halogens is 1. The molecule has 0 unspecified atom stereocenters. The van der Waals surface area contributed by atoms with Crippen LogP contribution in [-0.2, 0) is 21.6 Å². The number of carbonyl (C=O) groups is 3. The van der Waals surface area contributed by atoms with Crippen LogP contribution >= 0.6 is 22.6 Å². The zero-order chi connectivity index (χ0) is 28.1. The third kappa shape index (κ3) is 4.98. The second-order valence-corrected chi connectivity index (χ2v) is 13.3. The molecule has 4 amide bonds. The maximum atomic E-state index is 13.5. The number of barbiturate groups is 1. The van der Waals surface area contributed by atoms with Crippen LogP contribution in [0.1, 0.15) is 55.2 Å². The Morgan fingerprint density at radius 1 is 0.878 bits per heavy atom. The predicted octanol–water partition coefficient (Wildman–Crippen LogP) is 7.00. The summed E-state index contributed by atoms with van der Waals surface area (Å²) in [5.74, 6) is 1.90. The molecule has 0 aromatic heterocycles. The van der Waals surface area contributed by atoms with E-state index in [-0.39, 0.29) is 11.0 Å². The van der Waals surface area contributed by atoms with Gasteiger partial charge >= 0.3 is 6.03 Å². The van der Waals surface area contributed by atoms with Gasteiger partial charge in [-0.25, -0.2) is 9.69 Å². The fourth-order valence-corrected chi connectivity index (χ4v) is 8.64. The Morgan fingerprint density at radius 2 is 1.54 bits per heavy atom. The van der Waals surface area contributed by atoms with Crippen LogP contribution in [0.3, 0.4) is 0 Å². The number of nitrogens with zero attached hydrogens (tertiary/aromatic N) is 1. The average Bonchev–Trinajstić information content (AvgIpc) is 2.95. The van der Waals surface area contributed by atoms with E-state index in [4.69, 9.17) is 4.74 Å². The topological polar surface area (TPSA) is 75.7 Å². The standard InChI is InChI=1S/C34H31IN2O4/c35-29-16-22(6-11-30(29)41-20-21-4-2-1-3-5-21)15-28-31(38)36-33(40)37(32(28)39)27-9-7-26(8-10-27)34-17-23-12-24(18-34)14-25(13-23)19-34/h1-11,15-16,23-25H,12-14,17-20H2,(H,36,38,40)/b28-15+. The first-order valence-corrected chi connectivity index (χ1v) is 15.4. The summed E-state index contributed by atoms with van der Waals surface area (Å²) in [6, 6.07) is 22.6. The summed E-state index contributed by atoms with van der Waals surface area (Å²) in [5, 5.41) is 2.35. The van der Waals surface area contributed by atoms with Crippen LogP contribution in [0.2, 0.25) is 0 Å². The molecule has 1 heterocycles. The minimum absolute atomic E-state index is 0.0801. The molecule has 208 valence electrons. The molecule has 0 radical (unpaired) electrons. The van der Waals surface area contributed by atoms with Gasteiger partial charge in [0.05, 0.1) is 9.26 Å². The first kappa shape index (κ1) is 26.4. The quantitative estimate of drug-likeness (QED) is 0.176. The fraction of sp³-hybridized carbons (Fsp3) is 0.324. The lowest BCUT2D eigenvalue weighted by Crippen LogP contribution is -2.54. The maximum absolute atomic E-state index is 13.5. The van der Waals surface area contributed by atoms with E-state index < -0.39 is 17.8 Å². The molecular weight excluding hydrogens is 627 g/mol.